The lowest BCUT2D eigenvalue weighted by molar-refractivity contribution is 0.457. The van der Waals surface area contributed by atoms with Crippen LogP contribution in [0.15, 0.2) is 27.8 Å². The van der Waals surface area contributed by atoms with Crippen molar-refractivity contribution < 1.29 is 0 Å². The first-order chi connectivity index (χ1) is 9.01. The highest BCUT2D eigenvalue weighted by Crippen LogP contribution is 2.22. The number of hydrogen-bond donors (Lipinski definition) is 3. The largest absolute Gasteiger partial charge is 0.316 e. The van der Waals surface area contributed by atoms with Crippen LogP contribution < -0.4 is 16.4 Å². The van der Waals surface area contributed by atoms with Gasteiger partial charge in [-0.25, -0.2) is 0 Å². The lowest BCUT2D eigenvalue weighted by Gasteiger charge is -2.19. The molecule has 0 radical (unpaired) electrons. The molecule has 0 aliphatic carbocycles. The third kappa shape index (κ3) is 2.93. The third-order valence-electron chi connectivity index (χ3n) is 3.20. The zero-order valence-corrected chi connectivity index (χ0v) is 11.4. The van der Waals surface area contributed by atoms with Crippen LogP contribution in [0.4, 0.5) is 0 Å². The Balaban J connectivity index is 2.48. The van der Waals surface area contributed by atoms with Crippen LogP contribution in [0.1, 0.15) is 31.9 Å². The molecule has 102 valence electrons. The van der Waals surface area contributed by atoms with Crippen LogP contribution in [-0.2, 0) is 0 Å². The van der Waals surface area contributed by atoms with Gasteiger partial charge in [-0.3, -0.25) is 9.59 Å². The fourth-order valence-corrected chi connectivity index (χ4v) is 2.24. The molecule has 0 spiro atoms. The Labute approximate surface area is 111 Å². The van der Waals surface area contributed by atoms with E-state index in [0.717, 1.165) is 12.0 Å². The van der Waals surface area contributed by atoms with E-state index >= 15 is 0 Å². The summed E-state index contributed by atoms with van der Waals surface area (Å²) in [6.07, 6.45) is 1.01. The molecule has 1 atom stereocenters. The van der Waals surface area contributed by atoms with Crippen LogP contribution in [0.2, 0.25) is 0 Å². The van der Waals surface area contributed by atoms with Crippen LogP contribution in [0.3, 0.4) is 0 Å². The first kappa shape index (κ1) is 13.5. The van der Waals surface area contributed by atoms with E-state index in [1.165, 1.54) is 0 Å². The average molecular weight is 261 g/mol. The van der Waals surface area contributed by atoms with E-state index in [1.54, 1.807) is 0 Å². The normalized spacial score (nSPS) is 13.1. The van der Waals surface area contributed by atoms with E-state index in [1.807, 2.05) is 25.2 Å². The summed E-state index contributed by atoms with van der Waals surface area (Å²) in [4.78, 5) is 27.8. The minimum absolute atomic E-state index is 0.236. The van der Waals surface area contributed by atoms with Crippen molar-refractivity contribution in [3.63, 3.8) is 0 Å². The quantitative estimate of drug-likeness (QED) is 0.730. The van der Waals surface area contributed by atoms with Gasteiger partial charge in [-0.2, -0.15) is 0 Å². The second-order valence-corrected chi connectivity index (χ2v) is 5.18. The molecule has 5 nitrogen and oxygen atoms in total. The van der Waals surface area contributed by atoms with Gasteiger partial charge in [-0.15, -0.1) is 0 Å². The van der Waals surface area contributed by atoms with Crippen LogP contribution in [0.25, 0.3) is 11.0 Å². The second kappa shape index (κ2) is 5.40. The van der Waals surface area contributed by atoms with Gasteiger partial charge in [0.1, 0.15) is 0 Å². The van der Waals surface area contributed by atoms with Gasteiger partial charge >= 0.3 is 11.1 Å². The van der Waals surface area contributed by atoms with Crippen molar-refractivity contribution in [1.82, 2.24) is 15.3 Å². The predicted octanol–water partition coefficient (Wildman–Crippen LogP) is 1.52. The van der Waals surface area contributed by atoms with E-state index < -0.39 is 11.1 Å². The monoisotopic (exact) mass is 261 g/mol. The molecule has 1 unspecified atom stereocenters. The Morgan fingerprint density at radius 2 is 1.74 bits per heavy atom. The number of rotatable bonds is 4. The molecular weight excluding hydrogens is 242 g/mol. The van der Waals surface area contributed by atoms with Crippen LogP contribution in [-0.4, -0.2) is 17.0 Å². The van der Waals surface area contributed by atoms with Crippen molar-refractivity contribution in [3.8, 4) is 0 Å². The fourth-order valence-electron chi connectivity index (χ4n) is 2.24. The molecule has 0 aliphatic heterocycles. The highest BCUT2D eigenvalue weighted by molar-refractivity contribution is 5.74. The van der Waals surface area contributed by atoms with E-state index in [2.05, 4.69) is 29.1 Å². The SMILES string of the molecule is CNC(CC(C)C)c1ccc2[nH]c(=O)c(=O)[nH]c2c1. The summed E-state index contributed by atoms with van der Waals surface area (Å²) in [5, 5.41) is 3.28. The van der Waals surface area contributed by atoms with Gasteiger partial charge in [-0.1, -0.05) is 19.9 Å². The summed E-state index contributed by atoms with van der Waals surface area (Å²) in [5.41, 5.74) is 1.17. The Morgan fingerprint density at radius 1 is 1.11 bits per heavy atom. The molecule has 3 N–H and O–H groups in total. The smallest absolute Gasteiger partial charge is 0.314 e. The maximum absolute atomic E-state index is 11.3. The lowest BCUT2D eigenvalue weighted by Crippen LogP contribution is -2.29. The van der Waals surface area contributed by atoms with Gasteiger partial charge in [0.25, 0.3) is 0 Å². The summed E-state index contributed by atoms with van der Waals surface area (Å²) in [7, 11) is 1.92. The molecule has 19 heavy (non-hydrogen) atoms. The summed E-state index contributed by atoms with van der Waals surface area (Å²) < 4.78 is 0. The Bertz CT molecular complexity index is 685. The summed E-state index contributed by atoms with van der Waals surface area (Å²) in [5.74, 6) is 0.572. The molecule has 1 aromatic carbocycles. The average Bonchev–Trinajstić information content (AvgIpc) is 2.36. The maximum atomic E-state index is 11.3. The number of fused-ring (bicyclic) bond motifs is 1. The van der Waals surface area contributed by atoms with Gasteiger partial charge in [-0.05, 0) is 37.1 Å². The van der Waals surface area contributed by atoms with Crippen molar-refractivity contribution in [2.75, 3.05) is 7.05 Å². The van der Waals surface area contributed by atoms with Gasteiger partial charge in [0.2, 0.25) is 0 Å². The highest BCUT2D eigenvalue weighted by Gasteiger charge is 2.12. The van der Waals surface area contributed by atoms with Crippen LogP contribution in [0.5, 0.6) is 0 Å². The number of benzene rings is 1. The van der Waals surface area contributed by atoms with Crippen LogP contribution >= 0.6 is 0 Å². The standard InChI is InChI=1S/C14H19N3O2/c1-8(2)6-11(15-3)9-4-5-10-12(7-9)17-14(19)13(18)16-10/h4-5,7-8,11,15H,6H2,1-3H3,(H,16,18)(H,17,19). The molecule has 0 saturated carbocycles. The molecule has 0 saturated heterocycles. The Morgan fingerprint density at radius 3 is 2.32 bits per heavy atom. The van der Waals surface area contributed by atoms with E-state index in [9.17, 15) is 9.59 Å². The number of H-pyrrole nitrogens is 2. The lowest BCUT2D eigenvalue weighted by atomic mass is 9.97. The molecule has 0 aliphatic rings. The molecule has 2 aromatic rings. The third-order valence-corrected chi connectivity index (χ3v) is 3.20. The van der Waals surface area contributed by atoms with Gasteiger partial charge in [0.05, 0.1) is 11.0 Å². The van der Waals surface area contributed by atoms with Crippen molar-refractivity contribution in [1.29, 1.82) is 0 Å². The van der Waals surface area contributed by atoms with E-state index in [0.29, 0.717) is 17.0 Å². The summed E-state index contributed by atoms with van der Waals surface area (Å²) in [6, 6.07) is 5.95. The van der Waals surface area contributed by atoms with Crippen molar-refractivity contribution in [2.24, 2.45) is 5.92 Å². The first-order valence-corrected chi connectivity index (χ1v) is 6.44. The number of aromatic amines is 2. The molecule has 1 heterocycles. The molecule has 1 aromatic heterocycles. The molecule has 0 fully saturated rings. The van der Waals surface area contributed by atoms with Crippen LogP contribution in [0, 0.1) is 5.92 Å². The van der Waals surface area contributed by atoms with Gasteiger partial charge in [0, 0.05) is 6.04 Å². The minimum Gasteiger partial charge on any atom is -0.316 e. The van der Waals surface area contributed by atoms with Gasteiger partial charge < -0.3 is 15.3 Å². The van der Waals surface area contributed by atoms with Crippen molar-refractivity contribution >= 4 is 11.0 Å². The van der Waals surface area contributed by atoms with Crippen molar-refractivity contribution in [2.45, 2.75) is 26.3 Å². The summed E-state index contributed by atoms with van der Waals surface area (Å²) in [6.45, 7) is 4.34. The predicted molar refractivity (Wildman–Crippen MR) is 76.4 cm³/mol. The van der Waals surface area contributed by atoms with E-state index in [4.69, 9.17) is 0 Å². The van der Waals surface area contributed by atoms with Gasteiger partial charge in [0.15, 0.2) is 0 Å². The summed E-state index contributed by atoms with van der Waals surface area (Å²) >= 11 is 0. The number of hydrogen-bond acceptors (Lipinski definition) is 3. The Hall–Kier alpha value is -1.88. The van der Waals surface area contributed by atoms with E-state index in [-0.39, 0.29) is 6.04 Å². The molecular formula is C14H19N3O2. The molecule has 5 heteroatoms. The zero-order chi connectivity index (χ0) is 14.0. The fraction of sp³-hybridized carbons (Fsp3) is 0.429. The minimum atomic E-state index is -0.618. The topological polar surface area (TPSA) is 77.8 Å². The number of nitrogens with one attached hydrogen (secondary N) is 3. The molecule has 0 bridgehead atoms. The maximum Gasteiger partial charge on any atom is 0.314 e. The van der Waals surface area contributed by atoms with Crippen molar-refractivity contribution in [3.05, 3.63) is 44.5 Å². The first-order valence-electron chi connectivity index (χ1n) is 6.44. The Kier molecular flexibility index (Phi) is 3.85. The molecule has 0 amide bonds. The molecule has 2 rings (SSSR count). The number of aromatic nitrogens is 2. The second-order valence-electron chi connectivity index (χ2n) is 5.18. The highest BCUT2D eigenvalue weighted by atomic mass is 16.2. The zero-order valence-electron chi connectivity index (χ0n) is 11.4.